The van der Waals surface area contributed by atoms with E-state index >= 15 is 0 Å². The van der Waals surface area contributed by atoms with E-state index in [1.165, 1.54) is 23.8 Å². The van der Waals surface area contributed by atoms with E-state index in [9.17, 15) is 9.18 Å². The molecule has 3 rings (SSSR count). The van der Waals surface area contributed by atoms with Gasteiger partial charge in [-0.25, -0.2) is 4.39 Å². The van der Waals surface area contributed by atoms with Crippen molar-refractivity contribution in [1.82, 2.24) is 10.2 Å². The fourth-order valence-corrected chi connectivity index (χ4v) is 2.53. The summed E-state index contributed by atoms with van der Waals surface area (Å²) in [5.41, 5.74) is 2.64. The topological polar surface area (TPSA) is 66.9 Å². The van der Waals surface area contributed by atoms with Gasteiger partial charge in [-0.3, -0.25) is 4.79 Å². The van der Waals surface area contributed by atoms with Crippen molar-refractivity contribution >= 4 is 23.1 Å². The highest BCUT2D eigenvalue weighted by molar-refractivity contribution is 6.02. The van der Waals surface area contributed by atoms with Gasteiger partial charge in [-0.2, -0.15) is 0 Å². The van der Waals surface area contributed by atoms with E-state index < -0.39 is 11.7 Å². The molecule has 0 aliphatic carbocycles. The van der Waals surface area contributed by atoms with Gasteiger partial charge in [0.2, 0.25) is 0 Å². The lowest BCUT2D eigenvalue weighted by Gasteiger charge is -2.13. The van der Waals surface area contributed by atoms with Crippen LogP contribution in [0.5, 0.6) is 0 Å². The molecule has 0 spiro atoms. The lowest BCUT2D eigenvalue weighted by Crippen LogP contribution is -2.14. The molecule has 0 aliphatic heterocycles. The van der Waals surface area contributed by atoms with Gasteiger partial charge >= 0.3 is 0 Å². The number of anilines is 3. The van der Waals surface area contributed by atoms with Gasteiger partial charge in [-0.05, 0) is 47.9 Å². The van der Waals surface area contributed by atoms with Gasteiger partial charge in [-0.15, -0.1) is 10.2 Å². The molecule has 0 aliphatic rings. The molecule has 0 atom stereocenters. The average molecular weight is 350 g/mol. The smallest absolute Gasteiger partial charge is 0.276 e. The first-order chi connectivity index (χ1) is 12.5. The number of aromatic nitrogens is 2. The third kappa shape index (κ3) is 4.22. The maximum Gasteiger partial charge on any atom is 0.276 e. The molecule has 2 N–H and O–H groups in total. The number of para-hydroxylation sites is 1. The van der Waals surface area contributed by atoms with Crippen LogP contribution in [0.15, 0.2) is 60.7 Å². The van der Waals surface area contributed by atoms with Crippen LogP contribution in [0.3, 0.4) is 0 Å². The highest BCUT2D eigenvalue weighted by Gasteiger charge is 2.11. The van der Waals surface area contributed by atoms with Gasteiger partial charge in [0, 0.05) is 11.4 Å². The van der Waals surface area contributed by atoms with Gasteiger partial charge in [0.15, 0.2) is 11.5 Å². The molecule has 0 unspecified atom stereocenters. The van der Waals surface area contributed by atoms with E-state index in [-0.39, 0.29) is 5.69 Å². The Labute approximate surface area is 151 Å². The van der Waals surface area contributed by atoms with Crippen molar-refractivity contribution in [1.29, 1.82) is 0 Å². The summed E-state index contributed by atoms with van der Waals surface area (Å²) in [6.45, 7) is 4.23. The van der Waals surface area contributed by atoms with Crippen LogP contribution in [0.4, 0.5) is 21.6 Å². The second-order valence-electron chi connectivity index (χ2n) is 6.14. The molecule has 1 aromatic heterocycles. The summed E-state index contributed by atoms with van der Waals surface area (Å²) in [6.07, 6.45) is 0. The van der Waals surface area contributed by atoms with E-state index in [4.69, 9.17) is 0 Å². The number of halogens is 1. The number of benzene rings is 2. The monoisotopic (exact) mass is 350 g/mol. The van der Waals surface area contributed by atoms with Crippen molar-refractivity contribution in [2.45, 2.75) is 19.8 Å². The fraction of sp³-hybridized carbons (Fsp3) is 0.150. The lowest BCUT2D eigenvalue weighted by atomic mass is 10.0. The SMILES string of the molecule is CC(C)c1ccccc1Nc1ccc(C(=O)Nc2cccc(F)c2)nn1. The Morgan fingerprint density at radius 1 is 1.00 bits per heavy atom. The van der Waals surface area contributed by atoms with E-state index in [0.29, 0.717) is 17.4 Å². The van der Waals surface area contributed by atoms with Crippen LogP contribution in [0.1, 0.15) is 35.8 Å². The first-order valence-electron chi connectivity index (χ1n) is 8.29. The summed E-state index contributed by atoms with van der Waals surface area (Å²) >= 11 is 0. The zero-order valence-electron chi connectivity index (χ0n) is 14.5. The molecule has 2 aromatic carbocycles. The molecule has 1 heterocycles. The number of hydrogen-bond acceptors (Lipinski definition) is 4. The Hall–Kier alpha value is -3.28. The minimum atomic E-state index is -0.447. The molecular formula is C20H19FN4O. The molecule has 132 valence electrons. The van der Waals surface area contributed by atoms with Crippen molar-refractivity contribution in [2.24, 2.45) is 0 Å². The number of rotatable bonds is 5. The van der Waals surface area contributed by atoms with Gasteiger partial charge in [0.05, 0.1) is 0 Å². The second-order valence-corrected chi connectivity index (χ2v) is 6.14. The van der Waals surface area contributed by atoms with Crippen LogP contribution in [0.25, 0.3) is 0 Å². The Morgan fingerprint density at radius 3 is 2.50 bits per heavy atom. The summed E-state index contributed by atoms with van der Waals surface area (Å²) in [6, 6.07) is 16.9. The number of nitrogens with one attached hydrogen (secondary N) is 2. The number of carbonyl (C=O) groups excluding carboxylic acids is 1. The molecule has 1 amide bonds. The third-order valence-corrected chi connectivity index (χ3v) is 3.83. The molecule has 3 aromatic rings. The van der Waals surface area contributed by atoms with E-state index in [2.05, 4.69) is 40.7 Å². The van der Waals surface area contributed by atoms with Gasteiger partial charge in [0.1, 0.15) is 5.82 Å². The predicted octanol–water partition coefficient (Wildman–Crippen LogP) is 4.74. The predicted molar refractivity (Wildman–Crippen MR) is 100 cm³/mol. The first-order valence-corrected chi connectivity index (χ1v) is 8.29. The molecule has 0 radical (unpaired) electrons. The van der Waals surface area contributed by atoms with Crippen LogP contribution in [0, 0.1) is 5.82 Å². The zero-order chi connectivity index (χ0) is 18.5. The molecule has 0 saturated heterocycles. The minimum absolute atomic E-state index is 0.150. The summed E-state index contributed by atoms with van der Waals surface area (Å²) in [4.78, 5) is 12.2. The number of amides is 1. The van der Waals surface area contributed by atoms with Crippen molar-refractivity contribution < 1.29 is 9.18 Å². The summed E-state index contributed by atoms with van der Waals surface area (Å²) in [5, 5.41) is 13.8. The molecule has 6 heteroatoms. The number of hydrogen-bond donors (Lipinski definition) is 2. The minimum Gasteiger partial charge on any atom is -0.338 e. The van der Waals surface area contributed by atoms with Crippen LogP contribution in [-0.2, 0) is 0 Å². The lowest BCUT2D eigenvalue weighted by molar-refractivity contribution is 0.102. The summed E-state index contributed by atoms with van der Waals surface area (Å²) in [5.74, 6) is 0.0397. The van der Waals surface area contributed by atoms with Crippen LogP contribution >= 0.6 is 0 Å². The zero-order valence-corrected chi connectivity index (χ0v) is 14.5. The summed E-state index contributed by atoms with van der Waals surface area (Å²) < 4.78 is 13.2. The Balaban J connectivity index is 1.71. The van der Waals surface area contributed by atoms with Crippen LogP contribution in [-0.4, -0.2) is 16.1 Å². The van der Waals surface area contributed by atoms with E-state index in [1.807, 2.05) is 18.2 Å². The van der Waals surface area contributed by atoms with Crippen molar-refractivity contribution in [3.05, 3.63) is 77.7 Å². The van der Waals surface area contributed by atoms with Crippen LogP contribution in [0.2, 0.25) is 0 Å². The molecule has 26 heavy (non-hydrogen) atoms. The highest BCUT2D eigenvalue weighted by Crippen LogP contribution is 2.26. The number of nitrogens with zero attached hydrogens (tertiary/aromatic N) is 2. The standard InChI is InChI=1S/C20H19FN4O/c1-13(2)16-8-3-4-9-17(16)23-19-11-10-18(24-25-19)20(26)22-15-7-5-6-14(21)12-15/h3-13H,1-2H3,(H,22,26)(H,23,25). The van der Waals surface area contributed by atoms with Crippen molar-refractivity contribution in [2.75, 3.05) is 10.6 Å². The van der Waals surface area contributed by atoms with E-state index in [0.717, 1.165) is 5.69 Å². The Kier molecular flexibility index (Phi) is 5.22. The summed E-state index contributed by atoms with van der Waals surface area (Å²) in [7, 11) is 0. The van der Waals surface area contributed by atoms with Gasteiger partial charge < -0.3 is 10.6 Å². The van der Waals surface area contributed by atoms with Crippen molar-refractivity contribution in [3.8, 4) is 0 Å². The first kappa shape index (κ1) is 17.5. The molecular weight excluding hydrogens is 331 g/mol. The van der Waals surface area contributed by atoms with Gasteiger partial charge in [0.25, 0.3) is 5.91 Å². The fourth-order valence-electron chi connectivity index (χ4n) is 2.53. The normalized spacial score (nSPS) is 10.6. The Bertz CT molecular complexity index is 910. The maximum atomic E-state index is 13.2. The van der Waals surface area contributed by atoms with Crippen LogP contribution < -0.4 is 10.6 Å². The largest absolute Gasteiger partial charge is 0.338 e. The van der Waals surface area contributed by atoms with Crippen molar-refractivity contribution in [3.63, 3.8) is 0 Å². The third-order valence-electron chi connectivity index (χ3n) is 3.83. The Morgan fingerprint density at radius 2 is 1.81 bits per heavy atom. The molecule has 0 saturated carbocycles. The molecule has 0 bridgehead atoms. The highest BCUT2D eigenvalue weighted by atomic mass is 19.1. The van der Waals surface area contributed by atoms with E-state index in [1.54, 1.807) is 18.2 Å². The number of carbonyl (C=O) groups is 1. The molecule has 0 fully saturated rings. The quantitative estimate of drug-likeness (QED) is 0.698. The molecule has 5 nitrogen and oxygen atoms in total. The average Bonchev–Trinajstić information content (AvgIpc) is 2.62. The maximum absolute atomic E-state index is 13.2. The second kappa shape index (κ2) is 7.74. The van der Waals surface area contributed by atoms with Gasteiger partial charge in [-0.1, -0.05) is 38.1 Å².